The van der Waals surface area contributed by atoms with Crippen LogP contribution in [0.2, 0.25) is 0 Å². The zero-order chi connectivity index (χ0) is 12.7. The molecular formula is C13H23NO3. The quantitative estimate of drug-likeness (QED) is 0.708. The third-order valence-electron chi connectivity index (χ3n) is 3.87. The SMILES string of the molecule is CC(C)(C)OC(=O)N1CCC(O)C12CCCC2. The Labute approximate surface area is 103 Å². The molecule has 2 rings (SSSR count). The molecule has 17 heavy (non-hydrogen) atoms. The third kappa shape index (κ3) is 2.28. The summed E-state index contributed by atoms with van der Waals surface area (Å²) in [7, 11) is 0. The number of nitrogens with zero attached hydrogens (tertiary/aromatic N) is 1. The zero-order valence-electron chi connectivity index (χ0n) is 11.0. The molecule has 0 bridgehead atoms. The van der Waals surface area contributed by atoms with Crippen molar-refractivity contribution in [2.75, 3.05) is 6.54 Å². The number of likely N-dealkylation sites (tertiary alicyclic amines) is 1. The fourth-order valence-corrected chi connectivity index (χ4v) is 3.10. The van der Waals surface area contributed by atoms with Crippen molar-refractivity contribution in [3.8, 4) is 0 Å². The van der Waals surface area contributed by atoms with E-state index in [2.05, 4.69) is 0 Å². The molecule has 98 valence electrons. The summed E-state index contributed by atoms with van der Waals surface area (Å²) in [6.45, 7) is 6.24. The molecule has 0 radical (unpaired) electrons. The van der Waals surface area contributed by atoms with Crippen LogP contribution in [0.1, 0.15) is 52.9 Å². The van der Waals surface area contributed by atoms with Crippen LogP contribution in [0.4, 0.5) is 4.79 Å². The number of amides is 1. The maximum absolute atomic E-state index is 12.2. The average molecular weight is 241 g/mol. The van der Waals surface area contributed by atoms with Crippen LogP contribution < -0.4 is 0 Å². The van der Waals surface area contributed by atoms with E-state index in [1.54, 1.807) is 4.90 Å². The Bertz CT molecular complexity index is 302. The van der Waals surface area contributed by atoms with E-state index in [4.69, 9.17) is 4.74 Å². The van der Waals surface area contributed by atoms with E-state index in [0.717, 1.165) is 25.7 Å². The number of aliphatic hydroxyl groups is 1. The summed E-state index contributed by atoms with van der Waals surface area (Å²) in [4.78, 5) is 13.9. The summed E-state index contributed by atoms with van der Waals surface area (Å²) in [5.41, 5.74) is -0.799. The van der Waals surface area contributed by atoms with E-state index < -0.39 is 5.60 Å². The van der Waals surface area contributed by atoms with E-state index in [9.17, 15) is 9.90 Å². The molecule has 1 aliphatic carbocycles. The molecule has 1 saturated heterocycles. The van der Waals surface area contributed by atoms with Gasteiger partial charge in [0.1, 0.15) is 5.60 Å². The van der Waals surface area contributed by atoms with Crippen molar-refractivity contribution in [1.29, 1.82) is 0 Å². The molecule has 0 aromatic heterocycles. The standard InChI is InChI=1S/C13H23NO3/c1-12(2,3)17-11(16)14-9-6-10(15)13(14)7-4-5-8-13/h10,15H,4-9H2,1-3H3. The van der Waals surface area contributed by atoms with Gasteiger partial charge in [0.2, 0.25) is 0 Å². The summed E-state index contributed by atoms with van der Waals surface area (Å²) in [6.07, 6.45) is 4.04. The molecule has 1 amide bonds. The first-order chi connectivity index (χ1) is 7.85. The lowest BCUT2D eigenvalue weighted by molar-refractivity contribution is -0.0121. The highest BCUT2D eigenvalue weighted by molar-refractivity contribution is 5.70. The molecule has 0 aromatic rings. The van der Waals surface area contributed by atoms with E-state index >= 15 is 0 Å². The predicted molar refractivity (Wildman–Crippen MR) is 64.8 cm³/mol. The summed E-state index contributed by atoms with van der Waals surface area (Å²) < 4.78 is 5.43. The zero-order valence-corrected chi connectivity index (χ0v) is 11.0. The molecule has 1 N–H and O–H groups in total. The topological polar surface area (TPSA) is 49.8 Å². The fourth-order valence-electron chi connectivity index (χ4n) is 3.10. The van der Waals surface area contributed by atoms with Crippen molar-refractivity contribution in [3.63, 3.8) is 0 Å². The number of aliphatic hydroxyl groups excluding tert-OH is 1. The Hall–Kier alpha value is -0.770. The smallest absolute Gasteiger partial charge is 0.410 e. The Kier molecular flexibility index (Phi) is 3.10. The van der Waals surface area contributed by atoms with Crippen LogP contribution in [0.5, 0.6) is 0 Å². The van der Waals surface area contributed by atoms with Crippen molar-refractivity contribution in [2.45, 2.75) is 70.1 Å². The van der Waals surface area contributed by atoms with Gasteiger partial charge < -0.3 is 9.84 Å². The fraction of sp³-hybridized carbons (Fsp3) is 0.923. The van der Waals surface area contributed by atoms with Gasteiger partial charge in [-0.05, 0) is 40.0 Å². The average Bonchev–Trinajstić information content (AvgIpc) is 2.75. The highest BCUT2D eigenvalue weighted by Gasteiger charge is 2.52. The van der Waals surface area contributed by atoms with E-state index in [-0.39, 0.29) is 17.7 Å². The second-order valence-corrected chi connectivity index (χ2v) is 6.25. The lowest BCUT2D eigenvalue weighted by atomic mass is 9.91. The molecule has 2 aliphatic rings. The second-order valence-electron chi connectivity index (χ2n) is 6.25. The summed E-state index contributed by atoms with van der Waals surface area (Å²) in [6, 6.07) is 0. The second kappa shape index (κ2) is 4.16. The van der Waals surface area contributed by atoms with Gasteiger partial charge >= 0.3 is 6.09 Å². The van der Waals surface area contributed by atoms with Crippen molar-refractivity contribution >= 4 is 6.09 Å². The van der Waals surface area contributed by atoms with Gasteiger partial charge in [0.05, 0.1) is 11.6 Å². The number of carbonyl (C=O) groups is 1. The monoisotopic (exact) mass is 241 g/mol. The van der Waals surface area contributed by atoms with Gasteiger partial charge in [0, 0.05) is 6.54 Å². The summed E-state index contributed by atoms with van der Waals surface area (Å²) in [5, 5.41) is 10.1. The van der Waals surface area contributed by atoms with Crippen molar-refractivity contribution in [3.05, 3.63) is 0 Å². The van der Waals surface area contributed by atoms with Crippen LogP contribution in [0.25, 0.3) is 0 Å². The highest BCUT2D eigenvalue weighted by Crippen LogP contribution is 2.43. The number of carbonyl (C=O) groups excluding carboxylic acids is 1. The Morgan fingerprint density at radius 2 is 1.94 bits per heavy atom. The molecule has 1 aliphatic heterocycles. The molecule has 0 aromatic carbocycles. The van der Waals surface area contributed by atoms with Crippen molar-refractivity contribution < 1.29 is 14.6 Å². The molecule has 1 unspecified atom stereocenters. The van der Waals surface area contributed by atoms with Crippen LogP contribution in [0.15, 0.2) is 0 Å². The Morgan fingerprint density at radius 1 is 1.35 bits per heavy atom. The van der Waals surface area contributed by atoms with Gasteiger partial charge in [-0.2, -0.15) is 0 Å². The minimum atomic E-state index is -0.468. The van der Waals surface area contributed by atoms with Gasteiger partial charge in [0.15, 0.2) is 0 Å². The normalized spacial score (nSPS) is 27.8. The van der Waals surface area contributed by atoms with Crippen LogP contribution in [0.3, 0.4) is 0 Å². The maximum atomic E-state index is 12.2. The lowest BCUT2D eigenvalue weighted by Gasteiger charge is -2.37. The van der Waals surface area contributed by atoms with E-state index in [1.807, 2.05) is 20.8 Å². The van der Waals surface area contributed by atoms with E-state index in [1.165, 1.54) is 0 Å². The highest BCUT2D eigenvalue weighted by atomic mass is 16.6. The predicted octanol–water partition coefficient (Wildman–Crippen LogP) is 2.30. The number of hydrogen-bond acceptors (Lipinski definition) is 3. The number of ether oxygens (including phenoxy) is 1. The minimum absolute atomic E-state index is 0.268. The van der Waals surface area contributed by atoms with Crippen LogP contribution in [-0.2, 0) is 4.74 Å². The largest absolute Gasteiger partial charge is 0.444 e. The minimum Gasteiger partial charge on any atom is -0.444 e. The van der Waals surface area contributed by atoms with Gasteiger partial charge in [-0.1, -0.05) is 12.8 Å². The third-order valence-corrected chi connectivity index (χ3v) is 3.87. The summed E-state index contributed by atoms with van der Waals surface area (Å²) >= 11 is 0. The molecule has 2 fully saturated rings. The van der Waals surface area contributed by atoms with Gasteiger partial charge in [-0.3, -0.25) is 4.90 Å². The molecule has 1 atom stereocenters. The number of hydrogen-bond donors (Lipinski definition) is 1. The van der Waals surface area contributed by atoms with Crippen LogP contribution >= 0.6 is 0 Å². The van der Waals surface area contributed by atoms with Gasteiger partial charge in [0.25, 0.3) is 0 Å². The Morgan fingerprint density at radius 3 is 2.47 bits per heavy atom. The molecule has 4 heteroatoms. The first-order valence-electron chi connectivity index (χ1n) is 6.54. The van der Waals surface area contributed by atoms with Crippen molar-refractivity contribution in [1.82, 2.24) is 4.90 Å². The molecule has 1 heterocycles. The van der Waals surface area contributed by atoms with Crippen molar-refractivity contribution in [2.24, 2.45) is 0 Å². The van der Waals surface area contributed by atoms with Crippen LogP contribution in [-0.4, -0.2) is 39.9 Å². The lowest BCUT2D eigenvalue weighted by Crippen LogP contribution is -2.52. The molecule has 1 spiro atoms. The molecular weight excluding hydrogens is 218 g/mol. The van der Waals surface area contributed by atoms with E-state index in [0.29, 0.717) is 13.0 Å². The maximum Gasteiger partial charge on any atom is 0.410 e. The molecule has 1 saturated carbocycles. The first kappa shape index (κ1) is 12.7. The molecule has 4 nitrogen and oxygen atoms in total. The number of rotatable bonds is 0. The van der Waals surface area contributed by atoms with Crippen LogP contribution in [0, 0.1) is 0 Å². The first-order valence-corrected chi connectivity index (χ1v) is 6.54. The van der Waals surface area contributed by atoms with Gasteiger partial charge in [-0.25, -0.2) is 4.79 Å². The van der Waals surface area contributed by atoms with Gasteiger partial charge in [-0.15, -0.1) is 0 Å². The Balaban J connectivity index is 2.12. The summed E-state index contributed by atoms with van der Waals surface area (Å²) in [5.74, 6) is 0.